The average molecular weight is 496 g/mol. The Hall–Kier alpha value is -3.89. The van der Waals surface area contributed by atoms with Gasteiger partial charge < -0.3 is 14.2 Å². The molecule has 1 N–H and O–H groups in total. The zero-order valence-electron chi connectivity index (χ0n) is 18.3. The molecule has 0 spiro atoms. The van der Waals surface area contributed by atoms with Crippen molar-refractivity contribution in [1.29, 1.82) is 0 Å². The number of nitrogens with one attached hydrogen (secondary N) is 1. The van der Waals surface area contributed by atoms with Gasteiger partial charge in [-0.2, -0.15) is 16.3 Å². The Morgan fingerprint density at radius 1 is 0.912 bits per heavy atom. The highest BCUT2D eigenvalue weighted by atomic mass is 32.2. The lowest BCUT2D eigenvalue weighted by molar-refractivity contribution is 0.348. The van der Waals surface area contributed by atoms with E-state index in [4.69, 9.17) is 14.2 Å². The van der Waals surface area contributed by atoms with E-state index in [9.17, 15) is 8.42 Å². The molecule has 0 aliphatic rings. The molecule has 8 nitrogen and oxygen atoms in total. The number of ether oxygens (including phenoxy) is 3. The van der Waals surface area contributed by atoms with E-state index in [0.717, 1.165) is 11.0 Å². The van der Waals surface area contributed by atoms with E-state index < -0.39 is 10.0 Å². The molecule has 10 heteroatoms. The number of sulfonamides is 1. The van der Waals surface area contributed by atoms with Gasteiger partial charge in [0, 0.05) is 10.9 Å². The molecule has 0 aliphatic heterocycles. The van der Waals surface area contributed by atoms with E-state index >= 15 is 0 Å². The van der Waals surface area contributed by atoms with Gasteiger partial charge in [0.15, 0.2) is 23.1 Å². The van der Waals surface area contributed by atoms with Crippen LogP contribution in [0, 0.1) is 0 Å². The number of thiophene rings is 1. The van der Waals surface area contributed by atoms with Crippen molar-refractivity contribution in [1.82, 2.24) is 9.97 Å². The number of aromatic nitrogens is 2. The first kappa shape index (κ1) is 23.3. The molecule has 0 bridgehead atoms. The highest BCUT2D eigenvalue weighted by Crippen LogP contribution is 2.41. The molecule has 0 amide bonds. The molecule has 0 aliphatic carbocycles. The van der Waals surface area contributed by atoms with E-state index in [0.29, 0.717) is 17.1 Å². The summed E-state index contributed by atoms with van der Waals surface area (Å²) in [5.74, 6) is 1.07. The molecule has 0 saturated heterocycles. The molecule has 2 heterocycles. The zero-order chi connectivity index (χ0) is 24.0. The molecule has 0 unspecified atom stereocenters. The summed E-state index contributed by atoms with van der Waals surface area (Å²) in [5, 5.41) is 4.79. The molecular weight excluding hydrogens is 474 g/mol. The number of para-hydroxylation sites is 2. The van der Waals surface area contributed by atoms with E-state index in [-0.39, 0.29) is 23.3 Å². The monoisotopic (exact) mass is 495 g/mol. The highest BCUT2D eigenvalue weighted by Gasteiger charge is 2.23. The summed E-state index contributed by atoms with van der Waals surface area (Å²) in [5.41, 5.74) is 1.45. The minimum absolute atomic E-state index is 0.00247. The fourth-order valence-electron chi connectivity index (χ4n) is 2.96. The second kappa shape index (κ2) is 10.4. The standard InChI is InChI=1S/C24H21N3O5S2/c1-30-19-10-6-7-11-20(19)32-21-23(25-22(26-24(21)31-2)18-12-14-33-16-18)27-34(28,29)15-13-17-8-4-3-5-9-17/h3-16H,1-2H3,(H,25,26,27)/b15-13+. The molecule has 0 atom stereocenters. The Bertz CT molecular complexity index is 1390. The summed E-state index contributed by atoms with van der Waals surface area (Å²) < 4.78 is 45.1. The number of rotatable bonds is 9. The number of hydrogen-bond donors (Lipinski definition) is 1. The lowest BCUT2D eigenvalue weighted by Gasteiger charge is -2.16. The quantitative estimate of drug-likeness (QED) is 0.331. The molecule has 174 valence electrons. The predicted molar refractivity (Wildman–Crippen MR) is 133 cm³/mol. The summed E-state index contributed by atoms with van der Waals surface area (Å²) in [6.07, 6.45) is 1.49. The van der Waals surface area contributed by atoms with Crippen molar-refractivity contribution in [3.05, 3.63) is 82.4 Å². The van der Waals surface area contributed by atoms with Gasteiger partial charge in [-0.3, -0.25) is 4.72 Å². The Kier molecular flexibility index (Phi) is 7.09. The summed E-state index contributed by atoms with van der Waals surface area (Å²) >= 11 is 1.47. The minimum atomic E-state index is -3.96. The van der Waals surface area contributed by atoms with E-state index in [1.165, 1.54) is 31.6 Å². The Labute approximate surface area is 201 Å². The van der Waals surface area contributed by atoms with Gasteiger partial charge in [0.1, 0.15) is 0 Å². The van der Waals surface area contributed by atoms with Gasteiger partial charge in [-0.1, -0.05) is 42.5 Å². The molecule has 0 saturated carbocycles. The Balaban J connectivity index is 1.78. The molecule has 0 radical (unpaired) electrons. The van der Waals surface area contributed by atoms with E-state index in [1.54, 1.807) is 36.4 Å². The minimum Gasteiger partial charge on any atom is -0.493 e. The smallest absolute Gasteiger partial charge is 0.263 e. The summed E-state index contributed by atoms with van der Waals surface area (Å²) in [6, 6.07) is 17.9. The van der Waals surface area contributed by atoms with Gasteiger partial charge in [0.05, 0.1) is 19.6 Å². The van der Waals surface area contributed by atoms with Crippen molar-refractivity contribution in [2.75, 3.05) is 18.9 Å². The number of hydrogen-bond acceptors (Lipinski definition) is 8. The molecule has 4 aromatic rings. The van der Waals surface area contributed by atoms with Gasteiger partial charge >= 0.3 is 0 Å². The molecule has 4 rings (SSSR count). The van der Waals surface area contributed by atoms with E-state index in [1.807, 2.05) is 35.0 Å². The number of nitrogens with zero attached hydrogens (tertiary/aromatic N) is 2. The number of anilines is 1. The molecule has 0 fully saturated rings. The SMILES string of the molecule is COc1ccccc1Oc1c(NS(=O)(=O)/C=C/c2ccccc2)nc(-c2ccsc2)nc1OC. The van der Waals surface area contributed by atoms with Crippen molar-refractivity contribution in [3.63, 3.8) is 0 Å². The van der Waals surface area contributed by atoms with Crippen LogP contribution in [-0.4, -0.2) is 32.6 Å². The maximum Gasteiger partial charge on any atom is 0.263 e. The van der Waals surface area contributed by atoms with Crippen molar-refractivity contribution in [2.24, 2.45) is 0 Å². The highest BCUT2D eigenvalue weighted by molar-refractivity contribution is 7.95. The van der Waals surface area contributed by atoms with Crippen LogP contribution in [0.2, 0.25) is 0 Å². The fourth-order valence-corrected chi connectivity index (χ4v) is 4.41. The summed E-state index contributed by atoms with van der Waals surface area (Å²) in [6.45, 7) is 0. The van der Waals surface area contributed by atoms with Gasteiger partial charge in [-0.15, -0.1) is 0 Å². The molecule has 34 heavy (non-hydrogen) atoms. The maximum atomic E-state index is 12.9. The van der Waals surface area contributed by atoms with Gasteiger partial charge in [-0.05, 0) is 35.2 Å². The van der Waals surface area contributed by atoms with Crippen LogP contribution in [0.15, 0.2) is 76.8 Å². The van der Waals surface area contributed by atoms with Crippen LogP contribution < -0.4 is 18.9 Å². The number of benzene rings is 2. The van der Waals surface area contributed by atoms with Crippen molar-refractivity contribution < 1.29 is 22.6 Å². The van der Waals surface area contributed by atoms with E-state index in [2.05, 4.69) is 14.7 Å². The fraction of sp³-hybridized carbons (Fsp3) is 0.0833. The van der Waals surface area contributed by atoms with Crippen LogP contribution in [-0.2, 0) is 10.0 Å². The second-order valence-corrected chi connectivity index (χ2v) is 9.21. The van der Waals surface area contributed by atoms with Crippen molar-refractivity contribution in [2.45, 2.75) is 0 Å². The van der Waals surface area contributed by atoms with Gasteiger partial charge in [0.2, 0.25) is 5.75 Å². The Morgan fingerprint density at radius 2 is 1.65 bits per heavy atom. The first-order chi connectivity index (χ1) is 16.5. The van der Waals surface area contributed by atoms with Crippen LogP contribution in [0.5, 0.6) is 23.1 Å². The van der Waals surface area contributed by atoms with Gasteiger partial charge in [0.25, 0.3) is 15.9 Å². The summed E-state index contributed by atoms with van der Waals surface area (Å²) in [4.78, 5) is 8.87. The number of methoxy groups -OCH3 is 2. The molecule has 2 aromatic heterocycles. The Morgan fingerprint density at radius 3 is 2.32 bits per heavy atom. The third-order valence-electron chi connectivity index (χ3n) is 4.57. The van der Waals surface area contributed by atoms with Crippen LogP contribution in [0.4, 0.5) is 5.82 Å². The van der Waals surface area contributed by atoms with Gasteiger partial charge in [-0.25, -0.2) is 13.4 Å². The maximum absolute atomic E-state index is 12.9. The van der Waals surface area contributed by atoms with Crippen molar-refractivity contribution in [3.8, 4) is 34.5 Å². The largest absolute Gasteiger partial charge is 0.493 e. The summed E-state index contributed by atoms with van der Waals surface area (Å²) in [7, 11) is -1.03. The second-order valence-electron chi connectivity index (χ2n) is 6.86. The van der Waals surface area contributed by atoms with Crippen LogP contribution >= 0.6 is 11.3 Å². The third-order valence-corrected chi connectivity index (χ3v) is 6.22. The topological polar surface area (TPSA) is 99.6 Å². The lowest BCUT2D eigenvalue weighted by atomic mass is 10.2. The first-order valence-corrected chi connectivity index (χ1v) is 12.5. The average Bonchev–Trinajstić information content (AvgIpc) is 3.40. The lowest BCUT2D eigenvalue weighted by Crippen LogP contribution is -2.13. The predicted octanol–water partition coefficient (Wildman–Crippen LogP) is 5.43. The first-order valence-electron chi connectivity index (χ1n) is 10.0. The van der Waals surface area contributed by atoms with Crippen LogP contribution in [0.25, 0.3) is 17.5 Å². The van der Waals surface area contributed by atoms with Crippen LogP contribution in [0.3, 0.4) is 0 Å². The molecule has 2 aromatic carbocycles. The molecular formula is C24H21N3O5S2. The van der Waals surface area contributed by atoms with Crippen LogP contribution in [0.1, 0.15) is 5.56 Å². The zero-order valence-corrected chi connectivity index (χ0v) is 20.0. The third kappa shape index (κ3) is 5.53. The van der Waals surface area contributed by atoms with Crippen molar-refractivity contribution >= 4 is 33.3 Å². The normalized spacial score (nSPS) is 11.4.